The first kappa shape index (κ1) is 16.6. The molecule has 22 heavy (non-hydrogen) atoms. The molecule has 1 N–H and O–H groups in total. The largest absolute Gasteiger partial charge is 0.321 e. The molecule has 0 aliphatic rings. The Labute approximate surface area is 134 Å². The van der Waals surface area contributed by atoms with Crippen molar-refractivity contribution in [2.75, 3.05) is 17.8 Å². The molecule has 0 aromatic heterocycles. The van der Waals surface area contributed by atoms with Crippen molar-refractivity contribution in [3.8, 4) is 0 Å². The van der Waals surface area contributed by atoms with E-state index < -0.39 is 9.84 Å². The highest BCUT2D eigenvalue weighted by Crippen LogP contribution is 2.25. The topological polar surface area (TPSA) is 63.2 Å². The molecule has 2 aromatic carbocycles. The molecule has 0 aliphatic carbocycles. The summed E-state index contributed by atoms with van der Waals surface area (Å²) in [6.45, 7) is 1.78. The molecule has 0 saturated heterocycles. The Morgan fingerprint density at radius 2 is 1.82 bits per heavy atom. The van der Waals surface area contributed by atoms with Crippen LogP contribution in [0.1, 0.15) is 15.9 Å². The molecule has 0 unspecified atom stereocenters. The number of amides is 1. The number of para-hydroxylation sites is 1. The number of aryl methyl sites for hydroxylation is 1. The Morgan fingerprint density at radius 1 is 1.14 bits per heavy atom. The molecule has 4 nitrogen and oxygen atoms in total. The molecule has 0 aliphatic heterocycles. The van der Waals surface area contributed by atoms with Crippen LogP contribution in [0.3, 0.4) is 0 Å². The maximum Gasteiger partial charge on any atom is 0.256 e. The first-order valence-corrected chi connectivity index (χ1v) is 9.69. The number of anilines is 1. The van der Waals surface area contributed by atoms with E-state index in [0.717, 1.165) is 16.7 Å². The minimum Gasteiger partial charge on any atom is -0.321 e. The predicted octanol–water partition coefficient (Wildman–Crippen LogP) is 3.37. The fourth-order valence-corrected chi connectivity index (χ4v) is 3.21. The molecule has 2 rings (SSSR count). The molecule has 116 valence electrons. The van der Waals surface area contributed by atoms with Gasteiger partial charge in [0.15, 0.2) is 9.84 Å². The summed E-state index contributed by atoms with van der Waals surface area (Å²) in [7, 11) is -3.35. The van der Waals surface area contributed by atoms with Crippen LogP contribution in [-0.4, -0.2) is 26.8 Å². The average molecular weight is 335 g/mol. The van der Waals surface area contributed by atoms with Crippen LogP contribution < -0.4 is 5.32 Å². The lowest BCUT2D eigenvalue weighted by atomic mass is 10.1. The molecule has 0 saturated carbocycles. The van der Waals surface area contributed by atoms with Gasteiger partial charge in [0.2, 0.25) is 0 Å². The number of rotatable bonds is 4. The summed E-state index contributed by atoms with van der Waals surface area (Å²) in [5.74, 6) is -0.315. The number of sulfone groups is 1. The van der Waals surface area contributed by atoms with E-state index in [4.69, 9.17) is 0 Å². The van der Waals surface area contributed by atoms with Gasteiger partial charge in [0, 0.05) is 16.7 Å². The second kappa shape index (κ2) is 6.54. The predicted molar refractivity (Wildman–Crippen MR) is 90.5 cm³/mol. The normalized spacial score (nSPS) is 11.2. The zero-order valence-electron chi connectivity index (χ0n) is 12.6. The maximum atomic E-state index is 12.5. The number of carbonyl (C=O) groups is 1. The molecule has 0 bridgehead atoms. The second-order valence-electron chi connectivity index (χ2n) is 4.90. The minimum absolute atomic E-state index is 0.140. The van der Waals surface area contributed by atoms with E-state index in [-0.39, 0.29) is 10.8 Å². The number of hydrogen-bond acceptors (Lipinski definition) is 4. The molecule has 1 amide bonds. The SMILES string of the molecule is CSc1ccccc1NC(=O)c1cc(S(C)(=O)=O)ccc1C. The van der Waals surface area contributed by atoms with E-state index in [1.54, 1.807) is 13.0 Å². The third kappa shape index (κ3) is 3.69. The lowest BCUT2D eigenvalue weighted by Gasteiger charge is -2.11. The van der Waals surface area contributed by atoms with Crippen molar-refractivity contribution in [1.82, 2.24) is 0 Å². The Balaban J connectivity index is 2.38. The highest BCUT2D eigenvalue weighted by Gasteiger charge is 2.15. The maximum absolute atomic E-state index is 12.5. The van der Waals surface area contributed by atoms with Gasteiger partial charge in [-0.3, -0.25) is 4.79 Å². The Morgan fingerprint density at radius 3 is 2.45 bits per heavy atom. The zero-order chi connectivity index (χ0) is 16.3. The van der Waals surface area contributed by atoms with E-state index in [0.29, 0.717) is 11.3 Å². The van der Waals surface area contributed by atoms with Crippen molar-refractivity contribution in [2.24, 2.45) is 0 Å². The minimum atomic E-state index is -3.35. The highest BCUT2D eigenvalue weighted by atomic mass is 32.2. The molecule has 2 aromatic rings. The molecule has 6 heteroatoms. The quantitative estimate of drug-likeness (QED) is 0.870. The van der Waals surface area contributed by atoms with Crippen LogP contribution in [0.4, 0.5) is 5.69 Å². The summed E-state index contributed by atoms with van der Waals surface area (Å²) in [5.41, 5.74) is 1.80. The van der Waals surface area contributed by atoms with Crippen molar-refractivity contribution >= 4 is 33.2 Å². The number of nitrogens with one attached hydrogen (secondary N) is 1. The van der Waals surface area contributed by atoms with Crippen molar-refractivity contribution in [3.63, 3.8) is 0 Å². The molecule has 0 spiro atoms. The van der Waals surface area contributed by atoms with Crippen molar-refractivity contribution in [1.29, 1.82) is 0 Å². The summed E-state index contributed by atoms with van der Waals surface area (Å²) in [4.78, 5) is 13.6. The van der Waals surface area contributed by atoms with Crippen molar-refractivity contribution in [3.05, 3.63) is 53.6 Å². The third-order valence-electron chi connectivity index (χ3n) is 3.24. The van der Waals surface area contributed by atoms with E-state index in [1.807, 2.05) is 30.5 Å². The van der Waals surface area contributed by atoms with Gasteiger partial charge in [-0.25, -0.2) is 8.42 Å². The van der Waals surface area contributed by atoms with Crippen LogP contribution in [0.25, 0.3) is 0 Å². The monoisotopic (exact) mass is 335 g/mol. The standard InChI is InChI=1S/C16H17NO3S2/c1-11-8-9-12(22(3,19)20)10-13(11)16(18)17-14-6-4-5-7-15(14)21-2/h4-10H,1-3H3,(H,17,18). The number of thioether (sulfide) groups is 1. The van der Waals surface area contributed by atoms with Gasteiger partial charge in [-0.2, -0.15) is 0 Å². The Kier molecular flexibility index (Phi) is 4.93. The van der Waals surface area contributed by atoms with Crippen LogP contribution in [0.15, 0.2) is 52.3 Å². The number of benzene rings is 2. The summed E-state index contributed by atoms with van der Waals surface area (Å²) < 4.78 is 23.3. The van der Waals surface area contributed by atoms with Gasteiger partial charge in [-0.05, 0) is 43.0 Å². The Bertz CT molecular complexity index is 814. The van der Waals surface area contributed by atoms with Gasteiger partial charge < -0.3 is 5.32 Å². The van der Waals surface area contributed by atoms with E-state index in [9.17, 15) is 13.2 Å². The molecule has 0 radical (unpaired) electrons. The van der Waals surface area contributed by atoms with Crippen LogP contribution in [-0.2, 0) is 9.84 Å². The van der Waals surface area contributed by atoms with E-state index >= 15 is 0 Å². The van der Waals surface area contributed by atoms with E-state index in [1.165, 1.54) is 23.9 Å². The molecule has 0 atom stereocenters. The van der Waals surface area contributed by atoms with Gasteiger partial charge in [0.1, 0.15) is 0 Å². The van der Waals surface area contributed by atoms with Gasteiger partial charge >= 0.3 is 0 Å². The molecule has 0 fully saturated rings. The first-order valence-electron chi connectivity index (χ1n) is 6.58. The van der Waals surface area contributed by atoms with Gasteiger partial charge in [-0.1, -0.05) is 18.2 Å². The second-order valence-corrected chi connectivity index (χ2v) is 7.77. The Hall–Kier alpha value is -1.79. The average Bonchev–Trinajstić information content (AvgIpc) is 2.47. The summed E-state index contributed by atoms with van der Waals surface area (Å²) >= 11 is 1.53. The molecular weight excluding hydrogens is 318 g/mol. The lowest BCUT2D eigenvalue weighted by Crippen LogP contribution is -2.15. The first-order chi connectivity index (χ1) is 10.3. The molecular formula is C16H17NO3S2. The zero-order valence-corrected chi connectivity index (χ0v) is 14.2. The van der Waals surface area contributed by atoms with Crippen LogP contribution in [0.2, 0.25) is 0 Å². The van der Waals surface area contributed by atoms with Crippen molar-refractivity contribution in [2.45, 2.75) is 16.7 Å². The number of hydrogen-bond donors (Lipinski definition) is 1. The third-order valence-corrected chi connectivity index (χ3v) is 5.14. The van der Waals surface area contributed by atoms with Gasteiger partial charge in [-0.15, -0.1) is 11.8 Å². The molecule has 0 heterocycles. The van der Waals surface area contributed by atoms with Gasteiger partial charge in [0.25, 0.3) is 5.91 Å². The van der Waals surface area contributed by atoms with Crippen LogP contribution >= 0.6 is 11.8 Å². The number of carbonyl (C=O) groups excluding carboxylic acids is 1. The van der Waals surface area contributed by atoms with Crippen LogP contribution in [0.5, 0.6) is 0 Å². The fraction of sp³-hybridized carbons (Fsp3) is 0.188. The summed E-state index contributed by atoms with van der Waals surface area (Å²) in [6, 6.07) is 12.1. The fourth-order valence-electron chi connectivity index (χ4n) is 2.01. The smallest absolute Gasteiger partial charge is 0.256 e. The van der Waals surface area contributed by atoms with Crippen molar-refractivity contribution < 1.29 is 13.2 Å². The van der Waals surface area contributed by atoms with E-state index in [2.05, 4.69) is 5.32 Å². The summed E-state index contributed by atoms with van der Waals surface area (Å²) in [6.07, 6.45) is 3.06. The lowest BCUT2D eigenvalue weighted by molar-refractivity contribution is 0.102. The summed E-state index contributed by atoms with van der Waals surface area (Å²) in [5, 5.41) is 2.84. The van der Waals surface area contributed by atoms with Gasteiger partial charge in [0.05, 0.1) is 10.6 Å². The highest BCUT2D eigenvalue weighted by molar-refractivity contribution is 7.98. The van der Waals surface area contributed by atoms with Crippen LogP contribution in [0, 0.1) is 6.92 Å².